The second-order valence-electron chi connectivity index (χ2n) is 5.65. The second-order valence-corrected chi connectivity index (χ2v) is 5.65. The summed E-state index contributed by atoms with van der Waals surface area (Å²) in [6.07, 6.45) is 6.01. The second kappa shape index (κ2) is 6.83. The Balaban J connectivity index is 1.56. The Kier molecular flexibility index (Phi) is 4.63. The van der Waals surface area contributed by atoms with E-state index in [1.54, 1.807) is 18.2 Å². The monoisotopic (exact) mass is 303 g/mol. The summed E-state index contributed by atoms with van der Waals surface area (Å²) in [6.45, 7) is 1.26. The minimum atomic E-state index is -0.751. The van der Waals surface area contributed by atoms with Gasteiger partial charge in [0.15, 0.2) is 11.5 Å². The molecule has 0 aromatic heterocycles. The number of nitrogens with one attached hydrogen (secondary N) is 1. The molecule has 1 aromatic rings. The van der Waals surface area contributed by atoms with E-state index in [-0.39, 0.29) is 18.4 Å². The molecule has 2 aliphatic rings. The van der Waals surface area contributed by atoms with Crippen molar-refractivity contribution in [2.75, 3.05) is 19.8 Å². The largest absolute Gasteiger partial charge is 0.486 e. The normalized spacial score (nSPS) is 21.2. The SMILES string of the molecule is O=C(NC[C@@H](O)c1ccc2c(c1)OCCO2)[C@H]1CC=CCC1. The minimum Gasteiger partial charge on any atom is -0.486 e. The third-order valence-corrected chi connectivity index (χ3v) is 4.06. The van der Waals surface area contributed by atoms with Crippen LogP contribution < -0.4 is 14.8 Å². The van der Waals surface area contributed by atoms with Gasteiger partial charge < -0.3 is 19.9 Å². The smallest absolute Gasteiger partial charge is 0.223 e. The standard InChI is InChI=1S/C17H21NO4/c19-14(11-18-17(20)12-4-2-1-3-5-12)13-6-7-15-16(10-13)22-9-8-21-15/h1-2,6-7,10,12,14,19H,3-5,8-9,11H2,(H,18,20)/t12-,14+/m0/s1. The molecule has 1 aromatic carbocycles. The number of carbonyl (C=O) groups excluding carboxylic acids is 1. The summed E-state index contributed by atoms with van der Waals surface area (Å²) in [6, 6.07) is 5.36. The summed E-state index contributed by atoms with van der Waals surface area (Å²) in [4.78, 5) is 12.1. The zero-order valence-electron chi connectivity index (χ0n) is 12.5. The number of hydrogen-bond donors (Lipinski definition) is 2. The molecule has 0 radical (unpaired) electrons. The Morgan fingerprint density at radius 2 is 2.09 bits per heavy atom. The quantitative estimate of drug-likeness (QED) is 0.835. The van der Waals surface area contributed by atoms with Gasteiger partial charge in [-0.2, -0.15) is 0 Å². The Bertz CT molecular complexity index is 570. The van der Waals surface area contributed by atoms with Crippen LogP contribution in [0.15, 0.2) is 30.4 Å². The van der Waals surface area contributed by atoms with Crippen LogP contribution in [0.3, 0.4) is 0 Å². The van der Waals surface area contributed by atoms with E-state index in [0.717, 1.165) is 19.3 Å². The van der Waals surface area contributed by atoms with Gasteiger partial charge in [-0.1, -0.05) is 18.2 Å². The van der Waals surface area contributed by atoms with Crippen molar-refractivity contribution in [3.05, 3.63) is 35.9 Å². The molecular formula is C17H21NO4. The van der Waals surface area contributed by atoms with E-state index in [0.29, 0.717) is 30.3 Å². The van der Waals surface area contributed by atoms with Crippen LogP contribution in [0.1, 0.15) is 30.9 Å². The van der Waals surface area contributed by atoms with Crippen molar-refractivity contribution in [3.8, 4) is 11.5 Å². The Morgan fingerprint density at radius 1 is 1.27 bits per heavy atom. The molecule has 118 valence electrons. The highest BCUT2D eigenvalue weighted by molar-refractivity contribution is 5.79. The summed E-state index contributed by atoms with van der Waals surface area (Å²) >= 11 is 0. The first-order valence-electron chi connectivity index (χ1n) is 7.74. The maximum absolute atomic E-state index is 12.1. The van der Waals surface area contributed by atoms with E-state index in [2.05, 4.69) is 11.4 Å². The molecule has 1 aliphatic carbocycles. The van der Waals surface area contributed by atoms with Gasteiger partial charge in [-0.05, 0) is 37.0 Å². The molecule has 22 heavy (non-hydrogen) atoms. The molecule has 1 aliphatic heterocycles. The predicted molar refractivity (Wildman–Crippen MR) is 81.9 cm³/mol. The summed E-state index contributed by atoms with van der Waals surface area (Å²) < 4.78 is 11.0. The first-order chi connectivity index (χ1) is 10.7. The summed E-state index contributed by atoms with van der Waals surface area (Å²) in [7, 11) is 0. The lowest BCUT2D eigenvalue weighted by molar-refractivity contribution is -0.125. The van der Waals surface area contributed by atoms with Crippen molar-refractivity contribution in [1.82, 2.24) is 5.32 Å². The van der Waals surface area contributed by atoms with Crippen molar-refractivity contribution in [3.63, 3.8) is 0 Å². The van der Waals surface area contributed by atoms with Crippen LogP contribution in [0.25, 0.3) is 0 Å². The van der Waals surface area contributed by atoms with E-state index >= 15 is 0 Å². The molecule has 0 fully saturated rings. The van der Waals surface area contributed by atoms with Gasteiger partial charge in [0.25, 0.3) is 0 Å². The van der Waals surface area contributed by atoms with Gasteiger partial charge in [0, 0.05) is 12.5 Å². The number of benzene rings is 1. The van der Waals surface area contributed by atoms with Crippen LogP contribution in [0, 0.1) is 5.92 Å². The third kappa shape index (κ3) is 3.42. The highest BCUT2D eigenvalue weighted by Crippen LogP contribution is 2.32. The number of allylic oxidation sites excluding steroid dienone is 2. The number of rotatable bonds is 4. The zero-order valence-corrected chi connectivity index (χ0v) is 12.5. The fourth-order valence-corrected chi connectivity index (χ4v) is 2.76. The Hall–Kier alpha value is -2.01. The summed E-state index contributed by atoms with van der Waals surface area (Å²) in [5.74, 6) is 1.38. The number of aliphatic hydroxyl groups excluding tert-OH is 1. The van der Waals surface area contributed by atoms with Crippen molar-refractivity contribution in [1.29, 1.82) is 0 Å². The Labute approximate surface area is 129 Å². The van der Waals surface area contributed by atoms with Gasteiger partial charge in [-0.15, -0.1) is 0 Å². The van der Waals surface area contributed by atoms with E-state index in [4.69, 9.17) is 9.47 Å². The number of amides is 1. The molecule has 2 N–H and O–H groups in total. The summed E-state index contributed by atoms with van der Waals surface area (Å²) in [5, 5.41) is 13.1. The Morgan fingerprint density at radius 3 is 2.86 bits per heavy atom. The molecule has 0 bridgehead atoms. The van der Waals surface area contributed by atoms with Crippen LogP contribution >= 0.6 is 0 Å². The fourth-order valence-electron chi connectivity index (χ4n) is 2.76. The predicted octanol–water partition coefficient (Wildman–Crippen LogP) is 1.96. The fraction of sp³-hybridized carbons (Fsp3) is 0.471. The topological polar surface area (TPSA) is 67.8 Å². The van der Waals surface area contributed by atoms with Crippen molar-refractivity contribution < 1.29 is 19.4 Å². The van der Waals surface area contributed by atoms with E-state index in [9.17, 15) is 9.90 Å². The number of fused-ring (bicyclic) bond motifs is 1. The number of aliphatic hydroxyl groups is 1. The van der Waals surface area contributed by atoms with Gasteiger partial charge in [0.05, 0.1) is 6.10 Å². The van der Waals surface area contributed by atoms with Crippen LogP contribution in [0.5, 0.6) is 11.5 Å². The number of ether oxygens (including phenoxy) is 2. The van der Waals surface area contributed by atoms with Gasteiger partial charge in [0.2, 0.25) is 5.91 Å². The maximum Gasteiger partial charge on any atom is 0.223 e. The molecule has 1 heterocycles. The summed E-state index contributed by atoms with van der Waals surface area (Å²) in [5.41, 5.74) is 0.716. The van der Waals surface area contributed by atoms with Gasteiger partial charge in [0.1, 0.15) is 13.2 Å². The molecule has 0 saturated heterocycles. The molecule has 5 nitrogen and oxygen atoms in total. The highest BCUT2D eigenvalue weighted by Gasteiger charge is 2.20. The van der Waals surface area contributed by atoms with Gasteiger partial charge in [-0.25, -0.2) is 0 Å². The lowest BCUT2D eigenvalue weighted by Crippen LogP contribution is -2.34. The van der Waals surface area contributed by atoms with Crippen molar-refractivity contribution >= 4 is 5.91 Å². The third-order valence-electron chi connectivity index (χ3n) is 4.06. The maximum atomic E-state index is 12.1. The van der Waals surface area contributed by atoms with Gasteiger partial charge >= 0.3 is 0 Å². The van der Waals surface area contributed by atoms with Crippen molar-refractivity contribution in [2.24, 2.45) is 5.92 Å². The van der Waals surface area contributed by atoms with E-state index in [1.165, 1.54) is 0 Å². The van der Waals surface area contributed by atoms with E-state index in [1.807, 2.05) is 6.08 Å². The first-order valence-corrected chi connectivity index (χ1v) is 7.74. The molecule has 0 unspecified atom stereocenters. The van der Waals surface area contributed by atoms with Crippen LogP contribution in [0.4, 0.5) is 0 Å². The van der Waals surface area contributed by atoms with Gasteiger partial charge in [-0.3, -0.25) is 4.79 Å². The number of carbonyl (C=O) groups is 1. The highest BCUT2D eigenvalue weighted by atomic mass is 16.6. The van der Waals surface area contributed by atoms with E-state index < -0.39 is 6.10 Å². The lowest BCUT2D eigenvalue weighted by Gasteiger charge is -2.21. The zero-order chi connectivity index (χ0) is 15.4. The average molecular weight is 303 g/mol. The average Bonchev–Trinajstić information content (AvgIpc) is 2.59. The van der Waals surface area contributed by atoms with Crippen molar-refractivity contribution in [2.45, 2.75) is 25.4 Å². The first kappa shape index (κ1) is 14.9. The number of hydrogen-bond acceptors (Lipinski definition) is 4. The van der Waals surface area contributed by atoms with Crippen LogP contribution in [0.2, 0.25) is 0 Å². The molecule has 2 atom stereocenters. The molecule has 3 rings (SSSR count). The van der Waals surface area contributed by atoms with Crippen LogP contribution in [-0.2, 0) is 4.79 Å². The van der Waals surface area contributed by atoms with Crippen LogP contribution in [-0.4, -0.2) is 30.8 Å². The lowest BCUT2D eigenvalue weighted by atomic mass is 9.93. The molecule has 0 spiro atoms. The molecule has 1 amide bonds. The molecule has 5 heteroatoms. The minimum absolute atomic E-state index is 0.0148. The molecule has 0 saturated carbocycles. The molecular weight excluding hydrogens is 282 g/mol.